The van der Waals surface area contributed by atoms with Crippen LogP contribution in [0.3, 0.4) is 0 Å². The van der Waals surface area contributed by atoms with Crippen LogP contribution in [0.15, 0.2) is 78.9 Å². The van der Waals surface area contributed by atoms with Crippen molar-refractivity contribution >= 4 is 29.2 Å². The molecular weight excluding hydrogens is 548 g/mol. The van der Waals surface area contributed by atoms with Crippen molar-refractivity contribution in [2.75, 3.05) is 38.1 Å². The van der Waals surface area contributed by atoms with Crippen LogP contribution in [0.4, 0.5) is 11.4 Å². The number of amides is 1. The lowest BCUT2D eigenvalue weighted by Crippen LogP contribution is -2.29. The van der Waals surface area contributed by atoms with Gasteiger partial charge in [0.1, 0.15) is 11.5 Å². The standard InChI is InChI=1S/C34H32N2O7/c1-5-42-33(38)28-25(20-12-16-23(40-3)17-13-20)26-27(29(30(28)35)34(39)43-6-2)32(37)36(22-10-8-7-9-11-22)31(26)21-14-18-24(41-4)19-15-21/h7-19,31H,5-6,35H2,1-4H3. The van der Waals surface area contributed by atoms with Crippen molar-refractivity contribution in [3.8, 4) is 22.6 Å². The van der Waals surface area contributed by atoms with E-state index in [4.69, 9.17) is 24.7 Å². The first-order chi connectivity index (χ1) is 20.9. The Morgan fingerprint density at radius 3 is 1.77 bits per heavy atom. The van der Waals surface area contributed by atoms with Crippen molar-refractivity contribution in [2.45, 2.75) is 19.9 Å². The molecule has 5 rings (SSSR count). The minimum absolute atomic E-state index is 0.0185. The number of nitrogens with zero attached hydrogens (tertiary/aromatic N) is 1. The summed E-state index contributed by atoms with van der Waals surface area (Å²) in [5, 5.41) is 0. The van der Waals surface area contributed by atoms with Gasteiger partial charge < -0.3 is 24.7 Å². The number of benzene rings is 4. The number of anilines is 2. The van der Waals surface area contributed by atoms with Crippen LogP contribution in [-0.4, -0.2) is 45.3 Å². The number of ether oxygens (including phenoxy) is 4. The molecule has 4 aromatic rings. The Morgan fingerprint density at radius 2 is 1.26 bits per heavy atom. The molecule has 0 saturated carbocycles. The molecule has 4 aromatic carbocycles. The maximum atomic E-state index is 14.6. The first-order valence-corrected chi connectivity index (χ1v) is 13.9. The summed E-state index contributed by atoms with van der Waals surface area (Å²) in [7, 11) is 3.13. The van der Waals surface area contributed by atoms with E-state index in [1.165, 1.54) is 0 Å². The van der Waals surface area contributed by atoms with Crippen molar-refractivity contribution in [1.82, 2.24) is 0 Å². The molecule has 43 heavy (non-hydrogen) atoms. The van der Waals surface area contributed by atoms with E-state index in [0.29, 0.717) is 33.9 Å². The first kappa shape index (κ1) is 29.2. The predicted molar refractivity (Wildman–Crippen MR) is 163 cm³/mol. The van der Waals surface area contributed by atoms with Crippen LogP contribution in [0.5, 0.6) is 11.5 Å². The second-order valence-corrected chi connectivity index (χ2v) is 9.68. The van der Waals surface area contributed by atoms with Gasteiger partial charge in [0, 0.05) is 16.8 Å². The maximum absolute atomic E-state index is 14.6. The molecule has 1 atom stereocenters. The number of para-hydroxylation sites is 1. The van der Waals surface area contributed by atoms with Crippen LogP contribution in [0, 0.1) is 0 Å². The minimum atomic E-state index is -0.806. The summed E-state index contributed by atoms with van der Waals surface area (Å²) < 4.78 is 21.6. The molecule has 9 heteroatoms. The number of hydrogen-bond acceptors (Lipinski definition) is 8. The molecule has 0 spiro atoms. The second-order valence-electron chi connectivity index (χ2n) is 9.68. The Kier molecular flexibility index (Phi) is 8.34. The van der Waals surface area contributed by atoms with Crippen molar-refractivity contribution in [2.24, 2.45) is 0 Å². The van der Waals surface area contributed by atoms with Gasteiger partial charge in [-0.1, -0.05) is 42.5 Å². The molecule has 0 bridgehead atoms. The van der Waals surface area contributed by atoms with Gasteiger partial charge in [0.25, 0.3) is 5.91 Å². The smallest absolute Gasteiger partial charge is 0.341 e. The highest BCUT2D eigenvalue weighted by molar-refractivity contribution is 6.23. The number of carbonyl (C=O) groups is 3. The molecular formula is C34H32N2O7. The molecule has 1 amide bonds. The zero-order valence-electron chi connectivity index (χ0n) is 24.4. The van der Waals surface area contributed by atoms with E-state index in [1.54, 1.807) is 69.4 Å². The summed E-state index contributed by atoms with van der Waals surface area (Å²) in [6, 6.07) is 22.7. The van der Waals surface area contributed by atoms with Gasteiger partial charge in [-0.25, -0.2) is 9.59 Å². The average Bonchev–Trinajstić information content (AvgIpc) is 3.33. The van der Waals surface area contributed by atoms with Gasteiger partial charge in [0.2, 0.25) is 0 Å². The van der Waals surface area contributed by atoms with Gasteiger partial charge in [0.15, 0.2) is 0 Å². The molecule has 9 nitrogen and oxygen atoms in total. The van der Waals surface area contributed by atoms with Crippen molar-refractivity contribution < 1.29 is 33.3 Å². The summed E-state index contributed by atoms with van der Waals surface area (Å²) in [6.07, 6.45) is 0. The molecule has 2 N–H and O–H groups in total. The largest absolute Gasteiger partial charge is 0.497 e. The molecule has 0 radical (unpaired) electrons. The third-order valence-electron chi connectivity index (χ3n) is 7.35. The summed E-state index contributed by atoms with van der Waals surface area (Å²) in [5.74, 6) is -0.755. The fraction of sp³-hybridized carbons (Fsp3) is 0.206. The van der Waals surface area contributed by atoms with Gasteiger partial charge in [0.05, 0.1) is 55.9 Å². The van der Waals surface area contributed by atoms with Gasteiger partial charge in [-0.2, -0.15) is 0 Å². The van der Waals surface area contributed by atoms with Crippen molar-refractivity contribution in [3.05, 3.63) is 107 Å². The van der Waals surface area contributed by atoms with Gasteiger partial charge >= 0.3 is 11.9 Å². The quantitative estimate of drug-likeness (QED) is 0.188. The van der Waals surface area contributed by atoms with E-state index in [0.717, 1.165) is 5.56 Å². The highest BCUT2D eigenvalue weighted by Crippen LogP contribution is 2.51. The number of esters is 2. The highest BCUT2D eigenvalue weighted by Gasteiger charge is 2.46. The topological polar surface area (TPSA) is 117 Å². The van der Waals surface area contributed by atoms with Crippen LogP contribution in [0.2, 0.25) is 0 Å². The van der Waals surface area contributed by atoms with E-state index >= 15 is 0 Å². The van der Waals surface area contributed by atoms with Crippen molar-refractivity contribution in [1.29, 1.82) is 0 Å². The fourth-order valence-electron chi connectivity index (χ4n) is 5.50. The van der Waals surface area contributed by atoms with Gasteiger partial charge in [-0.15, -0.1) is 0 Å². The number of nitrogens with two attached hydrogens (primary N) is 1. The predicted octanol–water partition coefficient (Wildman–Crippen LogP) is 6.06. The molecule has 0 aromatic heterocycles. The molecule has 220 valence electrons. The van der Waals surface area contributed by atoms with Crippen molar-refractivity contribution in [3.63, 3.8) is 0 Å². The Bertz CT molecular complexity index is 1670. The molecule has 1 heterocycles. The summed E-state index contributed by atoms with van der Waals surface area (Å²) in [4.78, 5) is 43.4. The Balaban J connectivity index is 1.95. The van der Waals surface area contributed by atoms with Crippen LogP contribution < -0.4 is 20.1 Å². The summed E-state index contributed by atoms with van der Waals surface area (Å²) >= 11 is 0. The lowest BCUT2D eigenvalue weighted by atomic mass is 9.83. The highest BCUT2D eigenvalue weighted by atomic mass is 16.5. The average molecular weight is 581 g/mol. The maximum Gasteiger partial charge on any atom is 0.341 e. The number of nitrogen functional groups attached to an aromatic ring is 1. The summed E-state index contributed by atoms with van der Waals surface area (Å²) in [6.45, 7) is 3.45. The monoisotopic (exact) mass is 580 g/mol. The second kappa shape index (κ2) is 12.3. The van der Waals surface area contributed by atoms with Crippen LogP contribution >= 0.6 is 0 Å². The van der Waals surface area contributed by atoms with Gasteiger partial charge in [-0.3, -0.25) is 9.69 Å². The molecule has 0 aliphatic carbocycles. The van der Waals surface area contributed by atoms with E-state index in [9.17, 15) is 14.4 Å². The Labute approximate surface area is 249 Å². The normalized spacial score (nSPS) is 13.8. The molecule has 1 aliphatic heterocycles. The number of carbonyl (C=O) groups excluding carboxylic acids is 3. The number of rotatable bonds is 9. The molecule has 0 fully saturated rings. The van der Waals surface area contributed by atoms with E-state index in [2.05, 4.69) is 0 Å². The third-order valence-corrected chi connectivity index (χ3v) is 7.35. The third kappa shape index (κ3) is 5.14. The first-order valence-electron chi connectivity index (χ1n) is 13.9. The number of hydrogen-bond donors (Lipinski definition) is 1. The zero-order valence-corrected chi connectivity index (χ0v) is 24.4. The van der Waals surface area contributed by atoms with E-state index in [1.807, 2.05) is 42.5 Å². The lowest BCUT2D eigenvalue weighted by molar-refractivity contribution is 0.0524. The fourth-order valence-corrected chi connectivity index (χ4v) is 5.50. The Morgan fingerprint density at radius 1 is 0.744 bits per heavy atom. The Hall–Kier alpha value is -5.31. The van der Waals surface area contributed by atoms with E-state index < -0.39 is 23.9 Å². The number of fused-ring (bicyclic) bond motifs is 1. The SMILES string of the molecule is CCOC(=O)c1c(N)c(C(=O)OCC)c(-c2ccc(OC)cc2)c2c1C(=O)N(c1ccccc1)C2c1ccc(OC)cc1. The molecule has 1 aliphatic rings. The summed E-state index contributed by atoms with van der Waals surface area (Å²) in [5.41, 5.74) is 9.09. The van der Waals surface area contributed by atoms with Crippen LogP contribution in [0.25, 0.3) is 11.1 Å². The van der Waals surface area contributed by atoms with Crippen LogP contribution in [-0.2, 0) is 9.47 Å². The van der Waals surface area contributed by atoms with E-state index in [-0.39, 0.29) is 35.6 Å². The number of methoxy groups -OCH3 is 2. The molecule has 1 unspecified atom stereocenters. The zero-order chi connectivity index (χ0) is 30.7. The van der Waals surface area contributed by atoms with Crippen LogP contribution in [0.1, 0.15) is 62.1 Å². The minimum Gasteiger partial charge on any atom is -0.497 e. The van der Waals surface area contributed by atoms with Gasteiger partial charge in [-0.05, 0) is 61.4 Å². The lowest BCUT2D eigenvalue weighted by Gasteiger charge is -2.28. The molecule has 0 saturated heterocycles.